The summed E-state index contributed by atoms with van der Waals surface area (Å²) in [6, 6.07) is 4.64. The molecule has 0 bridgehead atoms. The molecule has 1 heterocycles. The minimum atomic E-state index is -0.338. The van der Waals surface area contributed by atoms with E-state index in [-0.39, 0.29) is 5.82 Å². The van der Waals surface area contributed by atoms with Gasteiger partial charge in [-0.1, -0.05) is 17.7 Å². The van der Waals surface area contributed by atoms with Gasteiger partial charge in [-0.15, -0.1) is 0 Å². The predicted octanol–water partition coefficient (Wildman–Crippen LogP) is 2.06. The number of hydrogen-bond donors (Lipinski definition) is 0. The molecule has 92 valence electrons. The maximum Gasteiger partial charge on any atom is 0.133 e. The van der Waals surface area contributed by atoms with Gasteiger partial charge in [0.2, 0.25) is 0 Å². The molecule has 0 atom stereocenters. The van der Waals surface area contributed by atoms with Crippen LogP contribution in [0.15, 0.2) is 23.3 Å². The van der Waals surface area contributed by atoms with E-state index in [4.69, 9.17) is 11.6 Å². The smallest absolute Gasteiger partial charge is 0.133 e. The highest BCUT2D eigenvalue weighted by Gasteiger charge is 2.11. The van der Waals surface area contributed by atoms with Crippen LogP contribution in [0.5, 0.6) is 0 Å². The molecule has 0 unspecified atom stereocenters. The maximum atomic E-state index is 13.5. The van der Waals surface area contributed by atoms with Gasteiger partial charge in [0, 0.05) is 31.7 Å². The second-order valence-corrected chi connectivity index (χ2v) is 4.54. The number of piperazine rings is 1. The molecule has 1 fully saturated rings. The number of rotatable bonds is 2. The molecular weight excluding hydrogens is 241 g/mol. The number of hydrazone groups is 1. The van der Waals surface area contributed by atoms with Gasteiger partial charge in [0.1, 0.15) is 5.82 Å². The molecule has 5 heteroatoms. The minimum absolute atomic E-state index is 0.338. The maximum absolute atomic E-state index is 13.5. The quantitative estimate of drug-likeness (QED) is 0.754. The fraction of sp³-hybridized carbons (Fsp3) is 0.417. The van der Waals surface area contributed by atoms with Crippen molar-refractivity contribution in [1.29, 1.82) is 0 Å². The summed E-state index contributed by atoms with van der Waals surface area (Å²) in [6.07, 6.45) is 1.50. The van der Waals surface area contributed by atoms with Crippen molar-refractivity contribution in [2.75, 3.05) is 33.2 Å². The van der Waals surface area contributed by atoms with Crippen LogP contribution in [-0.2, 0) is 0 Å². The Kier molecular flexibility index (Phi) is 3.97. The topological polar surface area (TPSA) is 18.8 Å². The Morgan fingerprint density at radius 1 is 1.29 bits per heavy atom. The fourth-order valence-corrected chi connectivity index (χ4v) is 1.90. The zero-order valence-electron chi connectivity index (χ0n) is 9.74. The summed E-state index contributed by atoms with van der Waals surface area (Å²) in [5.74, 6) is -0.338. The summed E-state index contributed by atoms with van der Waals surface area (Å²) in [5.41, 5.74) is 0.355. The summed E-state index contributed by atoms with van der Waals surface area (Å²) in [4.78, 5) is 2.24. The fourth-order valence-electron chi connectivity index (χ4n) is 1.68. The van der Waals surface area contributed by atoms with Crippen LogP contribution in [0.3, 0.4) is 0 Å². The molecule has 1 aliphatic heterocycles. The van der Waals surface area contributed by atoms with Crippen LogP contribution in [-0.4, -0.2) is 49.4 Å². The zero-order valence-corrected chi connectivity index (χ0v) is 10.5. The average Bonchev–Trinajstić information content (AvgIpc) is 2.31. The van der Waals surface area contributed by atoms with Crippen LogP contribution in [0.25, 0.3) is 0 Å². The van der Waals surface area contributed by atoms with Crippen molar-refractivity contribution in [2.45, 2.75) is 0 Å². The van der Waals surface area contributed by atoms with Gasteiger partial charge in [0.05, 0.1) is 11.2 Å². The van der Waals surface area contributed by atoms with Gasteiger partial charge < -0.3 is 4.90 Å². The van der Waals surface area contributed by atoms with Crippen LogP contribution in [0, 0.1) is 5.82 Å². The van der Waals surface area contributed by atoms with E-state index in [0.717, 1.165) is 26.2 Å². The number of nitrogens with zero attached hydrogens (tertiary/aromatic N) is 3. The van der Waals surface area contributed by atoms with Crippen molar-refractivity contribution in [2.24, 2.45) is 5.10 Å². The highest BCUT2D eigenvalue weighted by atomic mass is 35.5. The third-order valence-corrected chi connectivity index (χ3v) is 3.16. The van der Waals surface area contributed by atoms with Crippen LogP contribution >= 0.6 is 11.6 Å². The van der Waals surface area contributed by atoms with E-state index in [9.17, 15) is 4.39 Å². The van der Waals surface area contributed by atoms with Gasteiger partial charge in [-0.3, -0.25) is 5.01 Å². The van der Waals surface area contributed by atoms with Crippen molar-refractivity contribution in [3.63, 3.8) is 0 Å². The van der Waals surface area contributed by atoms with Crippen molar-refractivity contribution >= 4 is 17.8 Å². The van der Waals surface area contributed by atoms with Gasteiger partial charge in [-0.05, 0) is 19.2 Å². The molecule has 0 radical (unpaired) electrons. The van der Waals surface area contributed by atoms with E-state index in [0.29, 0.717) is 10.6 Å². The molecule has 0 amide bonds. The predicted molar refractivity (Wildman–Crippen MR) is 68.1 cm³/mol. The van der Waals surface area contributed by atoms with E-state index >= 15 is 0 Å². The molecular formula is C12H15ClFN3. The molecule has 17 heavy (non-hydrogen) atoms. The molecule has 0 N–H and O–H groups in total. The van der Waals surface area contributed by atoms with Gasteiger partial charge in [0.25, 0.3) is 0 Å². The van der Waals surface area contributed by atoms with E-state index in [1.54, 1.807) is 12.1 Å². The van der Waals surface area contributed by atoms with Crippen molar-refractivity contribution in [1.82, 2.24) is 9.91 Å². The molecule has 0 spiro atoms. The number of benzene rings is 1. The van der Waals surface area contributed by atoms with E-state index in [2.05, 4.69) is 17.0 Å². The molecule has 0 aromatic heterocycles. The van der Waals surface area contributed by atoms with Gasteiger partial charge in [0.15, 0.2) is 0 Å². The first-order valence-corrected chi connectivity index (χ1v) is 5.96. The van der Waals surface area contributed by atoms with Crippen LogP contribution in [0.1, 0.15) is 5.56 Å². The average molecular weight is 256 g/mol. The Morgan fingerprint density at radius 2 is 2.00 bits per heavy atom. The molecule has 0 aliphatic carbocycles. The van der Waals surface area contributed by atoms with Crippen molar-refractivity contribution in [3.8, 4) is 0 Å². The highest BCUT2D eigenvalue weighted by molar-refractivity contribution is 6.33. The summed E-state index contributed by atoms with van der Waals surface area (Å²) in [7, 11) is 2.08. The van der Waals surface area contributed by atoms with E-state index < -0.39 is 0 Å². The molecule has 1 aromatic rings. The van der Waals surface area contributed by atoms with Gasteiger partial charge in [-0.2, -0.15) is 5.10 Å². The SMILES string of the molecule is CN1CCN(N=Cc2c(F)cccc2Cl)CC1. The first-order chi connectivity index (χ1) is 8.16. The summed E-state index contributed by atoms with van der Waals surface area (Å²) < 4.78 is 13.5. The normalized spacial score (nSPS) is 17.9. The first kappa shape index (κ1) is 12.3. The van der Waals surface area contributed by atoms with E-state index in [1.807, 2.05) is 5.01 Å². The minimum Gasteiger partial charge on any atom is -0.303 e. The summed E-state index contributed by atoms with van der Waals surface area (Å²) in [6.45, 7) is 3.67. The van der Waals surface area contributed by atoms with Crippen LogP contribution in [0.2, 0.25) is 5.02 Å². The Hall–Kier alpha value is -1.13. The zero-order chi connectivity index (χ0) is 12.3. The molecule has 1 aromatic carbocycles. The standard InChI is InChI=1S/C12H15ClFN3/c1-16-5-7-17(8-6-16)15-9-10-11(13)3-2-4-12(10)14/h2-4,9H,5-8H2,1H3. The summed E-state index contributed by atoms with van der Waals surface area (Å²) >= 11 is 5.91. The third-order valence-electron chi connectivity index (χ3n) is 2.83. The summed E-state index contributed by atoms with van der Waals surface area (Å²) in [5, 5.41) is 6.59. The molecule has 1 aliphatic rings. The Labute approximate surface area is 105 Å². The lowest BCUT2D eigenvalue weighted by atomic mass is 10.2. The third kappa shape index (κ3) is 3.17. The Morgan fingerprint density at radius 3 is 2.65 bits per heavy atom. The monoisotopic (exact) mass is 255 g/mol. The highest BCUT2D eigenvalue weighted by Crippen LogP contribution is 2.16. The number of halogens is 2. The van der Waals surface area contributed by atoms with Crippen molar-refractivity contribution < 1.29 is 4.39 Å². The van der Waals surface area contributed by atoms with Crippen molar-refractivity contribution in [3.05, 3.63) is 34.6 Å². The Bertz CT molecular complexity index is 394. The molecule has 3 nitrogen and oxygen atoms in total. The second-order valence-electron chi connectivity index (χ2n) is 4.14. The Balaban J connectivity index is 2.05. The van der Waals surface area contributed by atoms with Crippen LogP contribution < -0.4 is 0 Å². The lowest BCUT2D eigenvalue weighted by Gasteiger charge is -2.30. The molecule has 2 rings (SSSR count). The largest absolute Gasteiger partial charge is 0.303 e. The van der Waals surface area contributed by atoms with Gasteiger partial charge >= 0.3 is 0 Å². The lowest BCUT2D eigenvalue weighted by Crippen LogP contribution is -2.41. The van der Waals surface area contributed by atoms with E-state index in [1.165, 1.54) is 12.3 Å². The molecule has 1 saturated heterocycles. The number of likely N-dealkylation sites (N-methyl/N-ethyl adjacent to an activating group) is 1. The lowest BCUT2D eigenvalue weighted by molar-refractivity contribution is 0.159. The van der Waals surface area contributed by atoms with Gasteiger partial charge in [-0.25, -0.2) is 4.39 Å². The van der Waals surface area contributed by atoms with Crippen LogP contribution in [0.4, 0.5) is 4.39 Å². The first-order valence-electron chi connectivity index (χ1n) is 5.58. The number of hydrogen-bond acceptors (Lipinski definition) is 3. The molecule has 0 saturated carbocycles. The second kappa shape index (κ2) is 5.47.